The Kier molecular flexibility index (Phi) is 10.6. The second-order valence-corrected chi connectivity index (χ2v) is 20.0. The van der Waals surface area contributed by atoms with E-state index in [-0.39, 0.29) is 0 Å². The van der Waals surface area contributed by atoms with Crippen LogP contribution in [0.25, 0.3) is 29.0 Å². The number of allylic oxidation sites excluding steroid dienone is 6. The van der Waals surface area contributed by atoms with Crippen LogP contribution in [0.15, 0.2) is 220 Å². The molecule has 7 nitrogen and oxygen atoms in total. The summed E-state index contributed by atoms with van der Waals surface area (Å²) < 4.78 is 2.12. The Labute approximate surface area is 404 Å². The minimum absolute atomic E-state index is 0.296. The standard InChI is InChI=1S/C55H35N7S3.Zn/c1-32-23-24-34(57-32)30-35-25-26-36(58-35)31-37-27-28-44(59-37)51(39-13-10-22-50-55(39)62-43-16-4-7-19-47(43)65-50)52(56)40(38-12-9-21-49-54(38)61-42-15-3-6-18-46(42)64-49)29-33-11-8-20-48-53(33)60-41-14-2-5-17-45(41)63-48;/h1-28,30-31,56,58,60-62H;/q-2;/b34-30?,37-31?,52-51-;. The van der Waals surface area contributed by atoms with E-state index >= 15 is 0 Å². The van der Waals surface area contributed by atoms with Gasteiger partial charge in [-0.1, -0.05) is 119 Å². The monoisotopic (exact) mass is 953 g/mol. The number of hydrogen-bond acceptors (Lipinski definition) is 8. The summed E-state index contributed by atoms with van der Waals surface area (Å²) >= 11 is 6.28. The maximum absolute atomic E-state index is 10.7. The summed E-state index contributed by atoms with van der Waals surface area (Å²) in [5, 5.41) is 11.3. The van der Waals surface area contributed by atoms with Gasteiger partial charge in [0.15, 0.2) is 0 Å². The molecule has 5 aliphatic heterocycles. The third-order valence-corrected chi connectivity index (χ3v) is 15.9. The number of fused-ring (bicyclic) bond motifs is 6. The molecule has 0 radical (unpaired) electrons. The molecule has 0 spiro atoms. The first-order chi connectivity index (χ1) is 32.5. The third-order valence-electron chi connectivity index (χ3n) is 11.6. The number of aliphatic imine (C=N–C) groups is 2. The minimum Gasteiger partial charge on any atom is -0.353 e. The van der Waals surface area contributed by atoms with Crippen LogP contribution in [0.2, 0.25) is 0 Å². The van der Waals surface area contributed by atoms with Crippen LogP contribution in [0.5, 0.6) is 0 Å². The number of aromatic nitrogens is 1. The van der Waals surface area contributed by atoms with Crippen molar-refractivity contribution in [2.24, 2.45) is 9.98 Å². The quantitative estimate of drug-likeness (QED) is 0.0524. The fourth-order valence-corrected chi connectivity index (χ4v) is 12.1. The van der Waals surface area contributed by atoms with E-state index in [1.165, 1.54) is 4.90 Å². The average molecular weight is 956 g/mol. The van der Waals surface area contributed by atoms with Gasteiger partial charge in [0.05, 0.1) is 17.1 Å². The summed E-state index contributed by atoms with van der Waals surface area (Å²) in [6, 6.07) is 48.2. The van der Waals surface area contributed by atoms with Gasteiger partial charge < -0.3 is 21.7 Å². The molecule has 0 fully saturated rings. The molecule has 12 rings (SSSR count). The number of hydrogen-bond donors (Lipinski definition) is 4. The Morgan fingerprint density at radius 2 is 1.02 bits per heavy atom. The van der Waals surface area contributed by atoms with Crippen molar-refractivity contribution >= 4 is 109 Å². The van der Waals surface area contributed by atoms with Crippen LogP contribution in [0.1, 0.15) is 28.1 Å². The number of benzene rings is 6. The van der Waals surface area contributed by atoms with Crippen molar-refractivity contribution < 1.29 is 17.9 Å². The van der Waals surface area contributed by atoms with Crippen molar-refractivity contribution in [2.45, 2.75) is 29.4 Å². The normalized spacial score (nSPS) is 16.7. The van der Waals surface area contributed by atoms with Gasteiger partial charge in [0.25, 0.3) is 0 Å². The molecule has 11 heteroatoms. The molecule has 5 N–H and O–H groups in total. The first kappa shape index (κ1) is 40.6. The predicted octanol–water partition coefficient (Wildman–Crippen LogP) is 15.1. The molecule has 66 heavy (non-hydrogen) atoms. The van der Waals surface area contributed by atoms with Gasteiger partial charge in [0, 0.05) is 40.7 Å². The van der Waals surface area contributed by atoms with Crippen molar-refractivity contribution in [2.75, 3.05) is 16.0 Å². The number of para-hydroxylation sites is 6. The van der Waals surface area contributed by atoms with Crippen LogP contribution < -0.4 is 16.0 Å². The zero-order valence-electron chi connectivity index (χ0n) is 35.1. The smallest absolute Gasteiger partial charge is 0.353 e. The summed E-state index contributed by atoms with van der Waals surface area (Å²) in [7, 11) is 0. The summed E-state index contributed by atoms with van der Waals surface area (Å²) in [6.07, 6.45) is 16.1. The Morgan fingerprint density at radius 3 is 1.62 bits per heavy atom. The second-order valence-electron chi connectivity index (χ2n) is 15.9. The number of rotatable bonds is 8. The van der Waals surface area contributed by atoms with Gasteiger partial charge in [-0.15, -0.1) is 17.7 Å². The van der Waals surface area contributed by atoms with E-state index in [2.05, 4.69) is 182 Å². The van der Waals surface area contributed by atoms with Gasteiger partial charge >= 0.3 is 120 Å². The Balaban J connectivity index is 1.05. The molecule has 0 amide bonds. The molecule has 0 saturated heterocycles. The number of nitrogens with one attached hydrogen (secondary N) is 5. The molecule has 0 atom stereocenters. The molecule has 5 aliphatic rings. The van der Waals surface area contributed by atoms with Gasteiger partial charge in [-0.25, -0.2) is 0 Å². The van der Waals surface area contributed by atoms with E-state index in [0.29, 0.717) is 22.6 Å². The molecule has 6 heterocycles. The van der Waals surface area contributed by atoms with Crippen LogP contribution in [-0.2, 0) is 17.9 Å². The van der Waals surface area contributed by atoms with Crippen molar-refractivity contribution in [3.05, 3.63) is 221 Å². The summed E-state index contributed by atoms with van der Waals surface area (Å²) in [6.45, 7) is 0. The first-order valence-electron chi connectivity index (χ1n) is 21.4. The average Bonchev–Trinajstić information content (AvgIpc) is 4.13. The summed E-state index contributed by atoms with van der Waals surface area (Å²) in [5.74, 6) is 0. The molecule has 1 aromatic heterocycles. The number of H-pyrrole nitrogens is 1. The van der Waals surface area contributed by atoms with Crippen LogP contribution in [0.3, 0.4) is 0 Å². The van der Waals surface area contributed by atoms with Gasteiger partial charge in [0.1, 0.15) is 0 Å². The van der Waals surface area contributed by atoms with Crippen molar-refractivity contribution in [3.8, 4) is 0 Å². The third kappa shape index (κ3) is 7.67. The van der Waals surface area contributed by atoms with Gasteiger partial charge in [-0.2, -0.15) is 5.70 Å². The van der Waals surface area contributed by atoms with Crippen LogP contribution in [-0.4, -0.2) is 21.0 Å². The second kappa shape index (κ2) is 17.2. The minimum atomic E-state index is 0.296. The SMILES string of the molecule is [NH-]/C(C(=[C-]c1cccc2c1Nc1ccccc1S2)c1cccc2c1Nc1ccccc1S2)=C(\C1=NC(=Cc2ccc(C=C3C=CC([CH]=[Zn])=N3)[nH]2)C=C1)c1cccc2c1Nc1ccccc1S2. The number of anilines is 6. The van der Waals surface area contributed by atoms with Gasteiger partial charge in [0.2, 0.25) is 0 Å². The molecule has 312 valence electrons. The maximum atomic E-state index is 10.7. The van der Waals surface area contributed by atoms with Crippen LogP contribution >= 0.6 is 35.3 Å². The van der Waals surface area contributed by atoms with Crippen LogP contribution in [0, 0.1) is 6.08 Å². The summed E-state index contributed by atoms with van der Waals surface area (Å²) in [4.78, 5) is 20.3. The van der Waals surface area contributed by atoms with E-state index in [9.17, 15) is 5.73 Å². The molecule has 0 aliphatic carbocycles. The van der Waals surface area contributed by atoms with E-state index < -0.39 is 0 Å². The fourth-order valence-electron chi connectivity index (χ4n) is 8.52. The zero-order valence-corrected chi connectivity index (χ0v) is 40.6. The molecule has 0 unspecified atom stereocenters. The molecular weight excluding hydrogens is 920 g/mol. The van der Waals surface area contributed by atoms with E-state index in [0.717, 1.165) is 122 Å². The summed E-state index contributed by atoms with van der Waals surface area (Å²) in [5.41, 5.74) is 26.2. The van der Waals surface area contributed by atoms with E-state index in [1.807, 2.05) is 30.4 Å². The Hall–Kier alpha value is -6.88. The van der Waals surface area contributed by atoms with Crippen molar-refractivity contribution in [3.63, 3.8) is 0 Å². The Bertz CT molecular complexity index is 3480. The molecule has 0 bridgehead atoms. The Morgan fingerprint density at radius 1 is 0.515 bits per heavy atom. The molecule has 0 saturated carbocycles. The van der Waals surface area contributed by atoms with E-state index in [1.54, 1.807) is 35.3 Å². The predicted molar refractivity (Wildman–Crippen MR) is 274 cm³/mol. The zero-order chi connectivity index (χ0) is 44.1. The molecule has 6 aromatic carbocycles. The fraction of sp³-hybridized carbons (Fsp3) is 0. The molecule has 7 aromatic rings. The first-order valence-corrected chi connectivity index (χ1v) is 25.6. The van der Waals surface area contributed by atoms with Gasteiger partial charge in [-0.3, -0.25) is 0 Å². The molecular formula is C55H35N7S3Zn-2. The topological polar surface area (TPSA) is 100 Å². The van der Waals surface area contributed by atoms with Crippen LogP contribution in [0.4, 0.5) is 34.1 Å². The van der Waals surface area contributed by atoms with E-state index in [4.69, 9.17) is 4.99 Å². The number of nitrogens with zero attached hydrogens (tertiary/aromatic N) is 2. The van der Waals surface area contributed by atoms with Crippen molar-refractivity contribution in [1.29, 1.82) is 0 Å². The van der Waals surface area contributed by atoms with Crippen molar-refractivity contribution in [1.82, 2.24) is 4.98 Å². The van der Waals surface area contributed by atoms with Gasteiger partial charge in [-0.05, 0) is 65.4 Å². The number of aromatic amines is 1.